The number of piperazine rings is 1. The number of aromatic nitrogens is 1. The Morgan fingerprint density at radius 2 is 2.14 bits per heavy atom. The molecule has 21 heavy (non-hydrogen) atoms. The van der Waals surface area contributed by atoms with Crippen molar-refractivity contribution in [3.05, 3.63) is 52.0 Å². The van der Waals surface area contributed by atoms with Gasteiger partial charge in [0.1, 0.15) is 5.01 Å². The first-order valence-corrected chi connectivity index (χ1v) is 8.16. The molecule has 1 aromatic heterocycles. The number of nitrogens with one attached hydrogen (secondary N) is 1. The van der Waals surface area contributed by atoms with Crippen LogP contribution in [0.2, 0.25) is 0 Å². The third-order valence-electron chi connectivity index (χ3n) is 3.95. The van der Waals surface area contributed by atoms with Gasteiger partial charge in [-0.25, -0.2) is 4.98 Å². The summed E-state index contributed by atoms with van der Waals surface area (Å²) in [5.41, 5.74) is 2.81. The van der Waals surface area contributed by atoms with E-state index in [4.69, 9.17) is 0 Å². The monoisotopic (exact) mass is 323 g/mol. The van der Waals surface area contributed by atoms with E-state index < -0.39 is 0 Å². The molecular weight excluding hydrogens is 302 g/mol. The standard InChI is InChI=1S/C16H21N3S.ClH/c1-2-13-3-5-14(6-4-13)15-11-17-7-9-19(15)12-16-18-8-10-20-16;/h3-6,8,10,15,17H,2,7,9,11-12H2,1H3;1H. The highest BCUT2D eigenvalue weighted by molar-refractivity contribution is 7.09. The van der Waals surface area contributed by atoms with E-state index in [1.54, 1.807) is 11.3 Å². The number of hydrogen-bond acceptors (Lipinski definition) is 4. The van der Waals surface area contributed by atoms with E-state index in [0.717, 1.165) is 32.6 Å². The third-order valence-corrected chi connectivity index (χ3v) is 4.71. The lowest BCUT2D eigenvalue weighted by Gasteiger charge is -2.36. The highest BCUT2D eigenvalue weighted by Crippen LogP contribution is 2.25. The Bertz CT molecular complexity index is 527. The van der Waals surface area contributed by atoms with Gasteiger partial charge in [-0.3, -0.25) is 4.90 Å². The van der Waals surface area contributed by atoms with Crippen molar-refractivity contribution in [2.75, 3.05) is 19.6 Å². The van der Waals surface area contributed by atoms with E-state index in [9.17, 15) is 0 Å². The molecule has 1 aliphatic heterocycles. The molecule has 0 radical (unpaired) electrons. The molecule has 0 aliphatic carbocycles. The summed E-state index contributed by atoms with van der Waals surface area (Å²) in [6, 6.07) is 9.53. The summed E-state index contributed by atoms with van der Waals surface area (Å²) in [5.74, 6) is 0. The van der Waals surface area contributed by atoms with Gasteiger partial charge in [0.15, 0.2) is 0 Å². The predicted molar refractivity (Wildman–Crippen MR) is 91.2 cm³/mol. The van der Waals surface area contributed by atoms with Crippen LogP contribution in [0.1, 0.15) is 29.1 Å². The van der Waals surface area contributed by atoms with Gasteiger partial charge in [0, 0.05) is 37.3 Å². The molecule has 1 N–H and O–H groups in total. The molecule has 0 saturated carbocycles. The van der Waals surface area contributed by atoms with Gasteiger partial charge < -0.3 is 5.32 Å². The van der Waals surface area contributed by atoms with Gasteiger partial charge in [-0.2, -0.15) is 0 Å². The molecule has 1 saturated heterocycles. The first-order valence-electron chi connectivity index (χ1n) is 7.29. The minimum atomic E-state index is 0. The van der Waals surface area contributed by atoms with Crippen LogP contribution in [0.15, 0.2) is 35.8 Å². The molecule has 5 heteroatoms. The molecule has 2 heterocycles. The highest BCUT2D eigenvalue weighted by Gasteiger charge is 2.24. The van der Waals surface area contributed by atoms with Crippen LogP contribution in [-0.4, -0.2) is 29.5 Å². The number of hydrogen-bond donors (Lipinski definition) is 1. The number of nitrogens with zero attached hydrogens (tertiary/aromatic N) is 2. The molecule has 1 atom stereocenters. The molecule has 114 valence electrons. The van der Waals surface area contributed by atoms with Gasteiger partial charge in [0.2, 0.25) is 0 Å². The summed E-state index contributed by atoms with van der Waals surface area (Å²) in [5, 5.41) is 6.78. The van der Waals surface area contributed by atoms with Crippen LogP contribution in [0, 0.1) is 0 Å². The zero-order chi connectivity index (χ0) is 13.8. The summed E-state index contributed by atoms with van der Waals surface area (Å²) >= 11 is 1.75. The van der Waals surface area contributed by atoms with Crippen LogP contribution in [-0.2, 0) is 13.0 Å². The Morgan fingerprint density at radius 1 is 1.33 bits per heavy atom. The van der Waals surface area contributed by atoms with Crippen molar-refractivity contribution >= 4 is 23.7 Å². The zero-order valence-electron chi connectivity index (χ0n) is 12.3. The average Bonchev–Trinajstić information content (AvgIpc) is 3.01. The zero-order valence-corrected chi connectivity index (χ0v) is 13.9. The molecule has 1 unspecified atom stereocenters. The molecular formula is C16H22ClN3S. The highest BCUT2D eigenvalue weighted by atomic mass is 35.5. The van der Waals surface area contributed by atoms with Gasteiger partial charge in [0.25, 0.3) is 0 Å². The van der Waals surface area contributed by atoms with Crippen molar-refractivity contribution < 1.29 is 0 Å². The Balaban J connectivity index is 0.00000161. The van der Waals surface area contributed by atoms with Crippen molar-refractivity contribution in [3.8, 4) is 0 Å². The lowest BCUT2D eigenvalue weighted by molar-refractivity contribution is 0.153. The van der Waals surface area contributed by atoms with Crippen molar-refractivity contribution in [1.29, 1.82) is 0 Å². The quantitative estimate of drug-likeness (QED) is 0.936. The largest absolute Gasteiger partial charge is 0.314 e. The minimum Gasteiger partial charge on any atom is -0.314 e. The number of aryl methyl sites for hydroxylation is 1. The van der Waals surface area contributed by atoms with Gasteiger partial charge in [-0.05, 0) is 17.5 Å². The maximum Gasteiger partial charge on any atom is 0.107 e. The van der Waals surface area contributed by atoms with Crippen LogP contribution < -0.4 is 5.32 Å². The molecule has 3 nitrogen and oxygen atoms in total. The number of halogens is 1. The van der Waals surface area contributed by atoms with E-state index in [2.05, 4.69) is 51.8 Å². The Hall–Kier alpha value is -0.940. The Labute approximate surface area is 136 Å². The van der Waals surface area contributed by atoms with E-state index in [-0.39, 0.29) is 12.4 Å². The molecule has 1 fully saturated rings. The van der Waals surface area contributed by atoms with Crippen LogP contribution in [0.4, 0.5) is 0 Å². The van der Waals surface area contributed by atoms with E-state index in [1.165, 1.54) is 16.1 Å². The maximum absolute atomic E-state index is 4.42. The fourth-order valence-electron chi connectivity index (χ4n) is 2.74. The smallest absolute Gasteiger partial charge is 0.107 e. The van der Waals surface area contributed by atoms with Crippen LogP contribution in [0.3, 0.4) is 0 Å². The number of rotatable bonds is 4. The molecule has 0 amide bonds. The average molecular weight is 324 g/mol. The summed E-state index contributed by atoms with van der Waals surface area (Å²) in [7, 11) is 0. The number of benzene rings is 1. The van der Waals surface area contributed by atoms with Crippen molar-refractivity contribution in [2.45, 2.75) is 25.9 Å². The lowest BCUT2D eigenvalue weighted by Crippen LogP contribution is -2.45. The predicted octanol–water partition coefficient (Wildman–Crippen LogP) is 3.27. The van der Waals surface area contributed by atoms with E-state index in [1.807, 2.05) is 6.20 Å². The topological polar surface area (TPSA) is 28.2 Å². The fraction of sp³-hybridized carbons (Fsp3) is 0.438. The summed E-state index contributed by atoms with van der Waals surface area (Å²) in [4.78, 5) is 6.96. The molecule has 2 aromatic rings. The van der Waals surface area contributed by atoms with Gasteiger partial charge >= 0.3 is 0 Å². The second-order valence-corrected chi connectivity index (χ2v) is 6.19. The normalized spacial score (nSPS) is 19.2. The maximum atomic E-state index is 4.42. The Kier molecular flexibility index (Phi) is 6.18. The SMILES string of the molecule is CCc1ccc(C2CNCCN2Cc2nccs2)cc1.Cl. The summed E-state index contributed by atoms with van der Waals surface area (Å²) in [6.07, 6.45) is 3.00. The molecule has 3 rings (SSSR count). The molecule has 0 spiro atoms. The summed E-state index contributed by atoms with van der Waals surface area (Å²) in [6.45, 7) is 6.33. The fourth-order valence-corrected chi connectivity index (χ4v) is 3.39. The molecule has 0 bridgehead atoms. The first-order chi connectivity index (χ1) is 9.86. The third kappa shape index (κ3) is 4.04. The number of thiazole rings is 1. The van der Waals surface area contributed by atoms with Crippen LogP contribution >= 0.6 is 23.7 Å². The second kappa shape index (κ2) is 7.90. The molecule has 1 aliphatic rings. The molecule has 1 aromatic carbocycles. The van der Waals surface area contributed by atoms with Gasteiger partial charge in [-0.15, -0.1) is 23.7 Å². The van der Waals surface area contributed by atoms with E-state index >= 15 is 0 Å². The Morgan fingerprint density at radius 3 is 2.81 bits per heavy atom. The van der Waals surface area contributed by atoms with Gasteiger partial charge in [-0.1, -0.05) is 31.2 Å². The van der Waals surface area contributed by atoms with Crippen molar-refractivity contribution in [3.63, 3.8) is 0 Å². The van der Waals surface area contributed by atoms with Crippen molar-refractivity contribution in [1.82, 2.24) is 15.2 Å². The second-order valence-electron chi connectivity index (χ2n) is 5.21. The summed E-state index contributed by atoms with van der Waals surface area (Å²) < 4.78 is 0. The van der Waals surface area contributed by atoms with Crippen molar-refractivity contribution in [2.24, 2.45) is 0 Å². The van der Waals surface area contributed by atoms with Crippen LogP contribution in [0.5, 0.6) is 0 Å². The van der Waals surface area contributed by atoms with Gasteiger partial charge in [0.05, 0.1) is 6.54 Å². The minimum absolute atomic E-state index is 0. The van der Waals surface area contributed by atoms with Crippen LogP contribution in [0.25, 0.3) is 0 Å². The van der Waals surface area contributed by atoms with E-state index in [0.29, 0.717) is 6.04 Å². The first kappa shape index (κ1) is 16.4. The lowest BCUT2D eigenvalue weighted by atomic mass is 10.0.